The van der Waals surface area contributed by atoms with Gasteiger partial charge in [0.2, 0.25) is 0 Å². The van der Waals surface area contributed by atoms with Crippen molar-refractivity contribution < 1.29 is 9.47 Å². The molecule has 2 aromatic carbocycles. The van der Waals surface area contributed by atoms with Gasteiger partial charge in [-0.1, -0.05) is 60.7 Å². The van der Waals surface area contributed by atoms with Crippen LogP contribution in [-0.4, -0.2) is 31.8 Å². The van der Waals surface area contributed by atoms with Crippen molar-refractivity contribution in [1.29, 1.82) is 0 Å². The zero-order valence-electron chi connectivity index (χ0n) is 13.6. The molecule has 4 heteroatoms. The summed E-state index contributed by atoms with van der Waals surface area (Å²) in [5.41, 5.74) is 2.47. The van der Waals surface area contributed by atoms with E-state index in [9.17, 15) is 0 Å². The lowest BCUT2D eigenvalue weighted by Gasteiger charge is -2.19. The van der Waals surface area contributed by atoms with Crippen molar-refractivity contribution >= 4 is 5.84 Å². The molecule has 1 fully saturated rings. The van der Waals surface area contributed by atoms with E-state index in [2.05, 4.69) is 53.8 Å². The summed E-state index contributed by atoms with van der Waals surface area (Å²) < 4.78 is 11.3. The molecule has 2 aliphatic rings. The molecule has 2 aliphatic heterocycles. The highest BCUT2D eigenvalue weighted by Crippen LogP contribution is 2.35. The van der Waals surface area contributed by atoms with E-state index in [1.54, 1.807) is 0 Å². The molecule has 0 saturated carbocycles. The Labute approximate surface area is 142 Å². The van der Waals surface area contributed by atoms with E-state index >= 15 is 0 Å². The number of nitrogens with zero attached hydrogens (tertiary/aromatic N) is 1. The maximum Gasteiger partial charge on any atom is 0.124 e. The predicted octanol–water partition coefficient (Wildman–Crippen LogP) is 3.28. The summed E-state index contributed by atoms with van der Waals surface area (Å²) in [7, 11) is 0. The van der Waals surface area contributed by atoms with Crippen molar-refractivity contribution in [2.75, 3.05) is 19.8 Å². The van der Waals surface area contributed by atoms with Crippen molar-refractivity contribution in [2.45, 2.75) is 24.6 Å². The lowest BCUT2D eigenvalue weighted by Crippen LogP contribution is -2.29. The highest BCUT2D eigenvalue weighted by Gasteiger charge is 2.31. The number of hydrogen-bond donors (Lipinski definition) is 1. The molecule has 0 spiro atoms. The molecular formula is C20H22N2O2. The average molecular weight is 322 g/mol. The Morgan fingerprint density at radius 2 is 1.71 bits per heavy atom. The Balaban J connectivity index is 1.53. The lowest BCUT2D eigenvalue weighted by atomic mass is 9.95. The minimum atomic E-state index is 0.0760. The topological polar surface area (TPSA) is 42.8 Å². The van der Waals surface area contributed by atoms with Gasteiger partial charge in [0.25, 0.3) is 0 Å². The largest absolute Gasteiger partial charge is 0.379 e. The number of ether oxygens (including phenoxy) is 2. The fourth-order valence-corrected chi connectivity index (χ4v) is 3.30. The fourth-order valence-electron chi connectivity index (χ4n) is 3.30. The molecule has 124 valence electrons. The molecule has 0 aromatic heterocycles. The molecule has 0 radical (unpaired) electrons. The van der Waals surface area contributed by atoms with Gasteiger partial charge in [-0.25, -0.2) is 0 Å². The van der Waals surface area contributed by atoms with Gasteiger partial charge in [0.1, 0.15) is 18.5 Å². The van der Waals surface area contributed by atoms with Crippen LogP contribution in [0.2, 0.25) is 0 Å². The zero-order valence-corrected chi connectivity index (χ0v) is 13.6. The monoisotopic (exact) mass is 322 g/mol. The maximum absolute atomic E-state index is 5.94. The average Bonchev–Trinajstić information content (AvgIpc) is 3.31. The molecule has 4 nitrogen and oxygen atoms in total. The maximum atomic E-state index is 5.94. The van der Waals surface area contributed by atoms with Crippen molar-refractivity contribution in [1.82, 2.24) is 5.32 Å². The van der Waals surface area contributed by atoms with E-state index in [0.29, 0.717) is 13.2 Å². The fraction of sp³-hybridized carbons (Fsp3) is 0.350. The standard InChI is InChI=1S/C20H22N2O2/c1-3-7-15(8-4-1)19-20(16-9-5-2-6-10-16)22-18(21-19)14-24-17-11-12-23-13-17/h1-10,17,19-20H,11-14H2,(H,21,22)/t17?,19-,20+. The van der Waals surface area contributed by atoms with Crippen molar-refractivity contribution in [3.8, 4) is 0 Å². The Morgan fingerprint density at radius 1 is 1.00 bits per heavy atom. The molecule has 1 saturated heterocycles. The van der Waals surface area contributed by atoms with Crippen LogP contribution in [0.25, 0.3) is 0 Å². The number of nitrogens with one attached hydrogen (secondary N) is 1. The molecule has 0 aliphatic carbocycles. The van der Waals surface area contributed by atoms with Crippen LogP contribution in [0.4, 0.5) is 0 Å². The summed E-state index contributed by atoms with van der Waals surface area (Å²) in [6.07, 6.45) is 1.16. The molecular weight excluding hydrogens is 300 g/mol. The van der Waals surface area contributed by atoms with Crippen molar-refractivity contribution in [3.05, 3.63) is 71.8 Å². The van der Waals surface area contributed by atoms with Crippen LogP contribution in [0.1, 0.15) is 29.6 Å². The zero-order chi connectivity index (χ0) is 16.2. The summed E-state index contributed by atoms with van der Waals surface area (Å²) in [6.45, 7) is 2.00. The molecule has 3 atom stereocenters. The molecule has 1 N–H and O–H groups in total. The summed E-state index contributed by atoms with van der Waals surface area (Å²) >= 11 is 0. The molecule has 0 amide bonds. The SMILES string of the molecule is c1ccc([C@H]2NC(COC3CCOC3)=N[C@H]2c2ccccc2)cc1. The van der Waals surface area contributed by atoms with Gasteiger partial charge in [-0.2, -0.15) is 0 Å². The van der Waals surface area contributed by atoms with Crippen LogP contribution >= 0.6 is 0 Å². The number of rotatable bonds is 5. The van der Waals surface area contributed by atoms with Gasteiger partial charge in [-0.15, -0.1) is 0 Å². The third kappa shape index (κ3) is 3.35. The van der Waals surface area contributed by atoms with Crippen LogP contribution in [0.15, 0.2) is 65.7 Å². The van der Waals surface area contributed by atoms with Gasteiger partial charge < -0.3 is 14.8 Å². The van der Waals surface area contributed by atoms with E-state index in [0.717, 1.165) is 18.9 Å². The third-order valence-electron chi connectivity index (χ3n) is 4.58. The van der Waals surface area contributed by atoms with E-state index in [-0.39, 0.29) is 18.2 Å². The second-order valence-corrected chi connectivity index (χ2v) is 6.26. The first-order chi connectivity index (χ1) is 11.9. The Morgan fingerprint density at radius 3 is 2.38 bits per heavy atom. The predicted molar refractivity (Wildman–Crippen MR) is 94.1 cm³/mol. The molecule has 1 unspecified atom stereocenters. The van der Waals surface area contributed by atoms with Crippen LogP contribution < -0.4 is 5.32 Å². The van der Waals surface area contributed by atoms with E-state index in [4.69, 9.17) is 14.5 Å². The summed E-state index contributed by atoms with van der Waals surface area (Å²) in [4.78, 5) is 4.92. The van der Waals surface area contributed by atoms with Crippen molar-refractivity contribution in [3.63, 3.8) is 0 Å². The van der Waals surface area contributed by atoms with Crippen LogP contribution in [0, 0.1) is 0 Å². The van der Waals surface area contributed by atoms with Gasteiger partial charge >= 0.3 is 0 Å². The van der Waals surface area contributed by atoms with Gasteiger partial charge in [0.15, 0.2) is 0 Å². The van der Waals surface area contributed by atoms with Crippen LogP contribution in [0.3, 0.4) is 0 Å². The first-order valence-electron chi connectivity index (χ1n) is 8.52. The Kier molecular flexibility index (Phi) is 4.58. The number of benzene rings is 2. The van der Waals surface area contributed by atoms with Crippen LogP contribution in [-0.2, 0) is 9.47 Å². The van der Waals surface area contributed by atoms with Gasteiger partial charge in [-0.3, -0.25) is 4.99 Å². The van der Waals surface area contributed by atoms with Gasteiger partial charge in [0.05, 0.1) is 18.8 Å². The van der Waals surface area contributed by atoms with Crippen LogP contribution in [0.5, 0.6) is 0 Å². The first-order valence-corrected chi connectivity index (χ1v) is 8.52. The second kappa shape index (κ2) is 7.16. The minimum Gasteiger partial charge on any atom is -0.379 e. The minimum absolute atomic E-state index is 0.0760. The highest BCUT2D eigenvalue weighted by molar-refractivity contribution is 5.86. The van der Waals surface area contributed by atoms with Crippen molar-refractivity contribution in [2.24, 2.45) is 4.99 Å². The molecule has 24 heavy (non-hydrogen) atoms. The Bertz CT molecular complexity index is 681. The third-order valence-corrected chi connectivity index (χ3v) is 4.58. The molecule has 2 heterocycles. The molecule has 0 bridgehead atoms. The highest BCUT2D eigenvalue weighted by atomic mass is 16.5. The summed E-state index contributed by atoms with van der Waals surface area (Å²) in [6, 6.07) is 21.2. The van der Waals surface area contributed by atoms with Gasteiger partial charge in [0, 0.05) is 6.61 Å². The van der Waals surface area contributed by atoms with E-state index in [1.807, 2.05) is 12.1 Å². The summed E-state index contributed by atoms with van der Waals surface area (Å²) in [5.74, 6) is 0.921. The number of hydrogen-bond acceptors (Lipinski definition) is 4. The van der Waals surface area contributed by atoms with E-state index in [1.165, 1.54) is 11.1 Å². The Hall–Kier alpha value is -2.17. The van der Waals surface area contributed by atoms with E-state index < -0.39 is 0 Å². The molecule has 4 rings (SSSR count). The smallest absolute Gasteiger partial charge is 0.124 e. The number of amidine groups is 1. The molecule has 2 aromatic rings. The summed E-state index contributed by atoms with van der Waals surface area (Å²) in [5, 5.41) is 3.56. The van der Waals surface area contributed by atoms with Gasteiger partial charge in [-0.05, 0) is 17.5 Å². The first kappa shape index (κ1) is 15.4. The normalized spacial score (nSPS) is 26.2. The number of aliphatic imine (C=N–C) groups is 1. The quantitative estimate of drug-likeness (QED) is 0.919. The second-order valence-electron chi connectivity index (χ2n) is 6.26. The lowest BCUT2D eigenvalue weighted by molar-refractivity contribution is 0.0652.